The Morgan fingerprint density at radius 2 is 1.94 bits per heavy atom. The van der Waals surface area contributed by atoms with Crippen molar-refractivity contribution in [2.45, 2.75) is 31.7 Å². The van der Waals surface area contributed by atoms with Crippen molar-refractivity contribution in [1.82, 2.24) is 5.32 Å². The molecule has 0 aliphatic heterocycles. The number of primary amides is 1. The second-order valence-electron chi connectivity index (χ2n) is 4.63. The maximum atomic E-state index is 11.9. The molecule has 1 saturated carbocycles. The molecule has 6 heteroatoms. The lowest BCUT2D eigenvalue weighted by atomic mass is 9.85. The molecule has 98 valence electrons. The summed E-state index contributed by atoms with van der Waals surface area (Å²) < 4.78 is 0. The minimum atomic E-state index is -0.234. The lowest BCUT2D eigenvalue weighted by molar-refractivity contribution is -0.122. The average molecular weight is 267 g/mol. The van der Waals surface area contributed by atoms with E-state index in [1.165, 1.54) is 11.3 Å². The van der Waals surface area contributed by atoms with Gasteiger partial charge in [0, 0.05) is 12.0 Å². The SMILES string of the molecule is NC(=O)C1CCC(NC(=O)c2sccc2N)CC1. The molecule has 1 aromatic rings. The molecule has 1 aliphatic rings. The van der Waals surface area contributed by atoms with Crippen molar-refractivity contribution in [3.8, 4) is 0 Å². The van der Waals surface area contributed by atoms with Gasteiger partial charge in [-0.3, -0.25) is 9.59 Å². The predicted octanol–water partition coefficient (Wildman–Crippen LogP) is 1.10. The van der Waals surface area contributed by atoms with Gasteiger partial charge in [0.1, 0.15) is 4.88 Å². The van der Waals surface area contributed by atoms with E-state index in [0.717, 1.165) is 25.7 Å². The molecule has 1 heterocycles. The first kappa shape index (κ1) is 12.9. The molecule has 1 aliphatic carbocycles. The Kier molecular flexibility index (Phi) is 3.86. The standard InChI is InChI=1S/C12H17N3O2S/c13-9-5-6-18-10(9)12(17)15-8-3-1-7(2-4-8)11(14)16/h5-8H,1-4,13H2,(H2,14,16)(H,15,17). The average Bonchev–Trinajstić information content (AvgIpc) is 2.76. The molecule has 0 radical (unpaired) electrons. The highest BCUT2D eigenvalue weighted by atomic mass is 32.1. The predicted molar refractivity (Wildman–Crippen MR) is 71.1 cm³/mol. The van der Waals surface area contributed by atoms with Crippen molar-refractivity contribution in [1.29, 1.82) is 0 Å². The van der Waals surface area contributed by atoms with Crippen LogP contribution in [0.5, 0.6) is 0 Å². The molecule has 1 aromatic heterocycles. The Morgan fingerprint density at radius 3 is 2.44 bits per heavy atom. The van der Waals surface area contributed by atoms with E-state index in [0.29, 0.717) is 10.6 Å². The van der Waals surface area contributed by atoms with Crippen LogP contribution >= 0.6 is 11.3 Å². The molecular formula is C12H17N3O2S. The highest BCUT2D eigenvalue weighted by Gasteiger charge is 2.26. The summed E-state index contributed by atoms with van der Waals surface area (Å²) in [5, 5.41) is 4.76. The van der Waals surface area contributed by atoms with E-state index in [4.69, 9.17) is 11.5 Å². The molecule has 0 spiro atoms. The van der Waals surface area contributed by atoms with Gasteiger partial charge in [-0.2, -0.15) is 0 Å². The second kappa shape index (κ2) is 5.39. The van der Waals surface area contributed by atoms with Crippen LogP contribution in [0.3, 0.4) is 0 Å². The van der Waals surface area contributed by atoms with Gasteiger partial charge in [0.2, 0.25) is 5.91 Å². The second-order valence-corrected chi connectivity index (χ2v) is 5.55. The Morgan fingerprint density at radius 1 is 1.28 bits per heavy atom. The van der Waals surface area contributed by atoms with Gasteiger partial charge in [-0.1, -0.05) is 0 Å². The number of carbonyl (C=O) groups excluding carboxylic acids is 2. The van der Waals surface area contributed by atoms with Crippen molar-refractivity contribution in [2.24, 2.45) is 11.7 Å². The van der Waals surface area contributed by atoms with Gasteiger partial charge < -0.3 is 16.8 Å². The summed E-state index contributed by atoms with van der Waals surface area (Å²) in [6.45, 7) is 0. The molecule has 0 saturated heterocycles. The maximum absolute atomic E-state index is 11.9. The molecule has 0 atom stereocenters. The molecule has 0 bridgehead atoms. The molecule has 0 unspecified atom stereocenters. The third-order valence-electron chi connectivity index (χ3n) is 3.37. The van der Waals surface area contributed by atoms with E-state index in [1.807, 2.05) is 0 Å². The third-order valence-corrected chi connectivity index (χ3v) is 4.30. The molecule has 5 N–H and O–H groups in total. The topological polar surface area (TPSA) is 98.2 Å². The van der Waals surface area contributed by atoms with Crippen LogP contribution in [0.2, 0.25) is 0 Å². The first-order valence-corrected chi connectivity index (χ1v) is 6.89. The molecule has 18 heavy (non-hydrogen) atoms. The first-order chi connectivity index (χ1) is 8.58. The number of carbonyl (C=O) groups is 2. The van der Waals surface area contributed by atoms with Gasteiger partial charge in [0.15, 0.2) is 0 Å². The number of amides is 2. The van der Waals surface area contributed by atoms with Crippen LogP contribution < -0.4 is 16.8 Å². The Labute approximate surface area is 110 Å². The summed E-state index contributed by atoms with van der Waals surface area (Å²) in [5.41, 5.74) is 11.5. The summed E-state index contributed by atoms with van der Waals surface area (Å²) >= 11 is 1.34. The van der Waals surface area contributed by atoms with E-state index in [9.17, 15) is 9.59 Å². The van der Waals surface area contributed by atoms with Gasteiger partial charge in [-0.25, -0.2) is 0 Å². The zero-order valence-corrected chi connectivity index (χ0v) is 10.8. The summed E-state index contributed by atoms with van der Waals surface area (Å²) in [6, 6.07) is 1.85. The molecule has 0 aromatic carbocycles. The fourth-order valence-electron chi connectivity index (χ4n) is 2.28. The van der Waals surface area contributed by atoms with Crippen molar-refractivity contribution < 1.29 is 9.59 Å². The first-order valence-electron chi connectivity index (χ1n) is 6.01. The number of thiophene rings is 1. The maximum Gasteiger partial charge on any atom is 0.263 e. The minimum Gasteiger partial charge on any atom is -0.397 e. The lowest BCUT2D eigenvalue weighted by Crippen LogP contribution is -2.39. The van der Waals surface area contributed by atoms with Crippen LogP contribution in [0.1, 0.15) is 35.4 Å². The summed E-state index contributed by atoms with van der Waals surface area (Å²) in [6.07, 6.45) is 3.09. The van der Waals surface area contributed by atoms with Crippen molar-refractivity contribution >= 4 is 28.8 Å². The number of nitrogens with one attached hydrogen (secondary N) is 1. The fraction of sp³-hybridized carbons (Fsp3) is 0.500. The van der Waals surface area contributed by atoms with Gasteiger partial charge in [0.25, 0.3) is 5.91 Å². The number of nitrogens with two attached hydrogens (primary N) is 2. The van der Waals surface area contributed by atoms with E-state index in [2.05, 4.69) is 5.32 Å². The van der Waals surface area contributed by atoms with Crippen molar-refractivity contribution in [3.63, 3.8) is 0 Å². The van der Waals surface area contributed by atoms with E-state index < -0.39 is 0 Å². The molecular weight excluding hydrogens is 250 g/mol. The minimum absolute atomic E-state index is 0.0371. The Bertz CT molecular complexity index is 450. The van der Waals surface area contributed by atoms with Crippen LogP contribution in [-0.4, -0.2) is 17.9 Å². The highest BCUT2D eigenvalue weighted by Crippen LogP contribution is 2.25. The fourth-order valence-corrected chi connectivity index (χ4v) is 3.00. The van der Waals surface area contributed by atoms with Crippen LogP contribution in [0.15, 0.2) is 11.4 Å². The van der Waals surface area contributed by atoms with Gasteiger partial charge in [-0.05, 0) is 37.1 Å². The molecule has 5 nitrogen and oxygen atoms in total. The number of anilines is 1. The van der Waals surface area contributed by atoms with E-state index in [1.54, 1.807) is 11.4 Å². The monoisotopic (exact) mass is 267 g/mol. The largest absolute Gasteiger partial charge is 0.397 e. The Balaban J connectivity index is 1.87. The zero-order chi connectivity index (χ0) is 13.1. The van der Waals surface area contributed by atoms with Gasteiger partial charge >= 0.3 is 0 Å². The number of hydrogen-bond acceptors (Lipinski definition) is 4. The van der Waals surface area contributed by atoms with Crippen molar-refractivity contribution in [2.75, 3.05) is 5.73 Å². The van der Waals surface area contributed by atoms with Gasteiger partial charge in [-0.15, -0.1) is 11.3 Å². The number of rotatable bonds is 3. The molecule has 1 fully saturated rings. The highest BCUT2D eigenvalue weighted by molar-refractivity contribution is 7.12. The molecule has 2 rings (SSSR count). The van der Waals surface area contributed by atoms with Crippen LogP contribution in [0.25, 0.3) is 0 Å². The van der Waals surface area contributed by atoms with Crippen LogP contribution in [0, 0.1) is 5.92 Å². The normalized spacial score (nSPS) is 23.6. The van der Waals surface area contributed by atoms with E-state index >= 15 is 0 Å². The van der Waals surface area contributed by atoms with Crippen LogP contribution in [0.4, 0.5) is 5.69 Å². The number of nitrogen functional groups attached to an aromatic ring is 1. The summed E-state index contributed by atoms with van der Waals surface area (Å²) in [5.74, 6) is -0.391. The summed E-state index contributed by atoms with van der Waals surface area (Å²) in [7, 11) is 0. The van der Waals surface area contributed by atoms with Crippen LogP contribution in [-0.2, 0) is 4.79 Å². The smallest absolute Gasteiger partial charge is 0.263 e. The van der Waals surface area contributed by atoms with Gasteiger partial charge in [0.05, 0.1) is 5.69 Å². The summed E-state index contributed by atoms with van der Waals surface area (Å²) in [4.78, 5) is 23.5. The third kappa shape index (κ3) is 2.81. The quantitative estimate of drug-likeness (QED) is 0.765. The van der Waals surface area contributed by atoms with E-state index in [-0.39, 0.29) is 23.8 Å². The number of hydrogen-bond donors (Lipinski definition) is 3. The lowest BCUT2D eigenvalue weighted by Gasteiger charge is -2.27. The van der Waals surface area contributed by atoms with Crippen molar-refractivity contribution in [3.05, 3.63) is 16.3 Å². The zero-order valence-electron chi connectivity index (χ0n) is 10.0. The Hall–Kier alpha value is -1.56. The molecule has 2 amide bonds.